The molecule has 0 bridgehead atoms. The Bertz CT molecular complexity index is 140. The number of hydrogen-bond donors (Lipinski definition) is 1. The first-order chi connectivity index (χ1) is 5.24. The molecule has 2 heteroatoms. The molecule has 11 heavy (non-hydrogen) atoms. The van der Waals surface area contributed by atoms with Gasteiger partial charge in [0.2, 0.25) is 5.91 Å². The van der Waals surface area contributed by atoms with E-state index in [0.717, 1.165) is 25.8 Å². The molecular weight excluding hydrogens is 138 g/mol. The SMILES string of the molecule is CCC(C)CNC(=O)C1CC1. The van der Waals surface area contributed by atoms with E-state index in [2.05, 4.69) is 19.2 Å². The second-order valence-electron chi connectivity index (χ2n) is 3.53. The van der Waals surface area contributed by atoms with E-state index >= 15 is 0 Å². The van der Waals surface area contributed by atoms with Gasteiger partial charge < -0.3 is 5.32 Å². The van der Waals surface area contributed by atoms with E-state index in [-0.39, 0.29) is 5.91 Å². The zero-order valence-electron chi connectivity index (χ0n) is 7.39. The van der Waals surface area contributed by atoms with Crippen LogP contribution in [0.15, 0.2) is 0 Å². The summed E-state index contributed by atoms with van der Waals surface area (Å²) < 4.78 is 0. The Morgan fingerprint density at radius 3 is 2.73 bits per heavy atom. The molecule has 1 N–H and O–H groups in total. The average Bonchev–Trinajstić information content (AvgIpc) is 2.81. The van der Waals surface area contributed by atoms with Gasteiger partial charge in [-0.3, -0.25) is 4.79 Å². The summed E-state index contributed by atoms with van der Waals surface area (Å²) in [6, 6.07) is 0. The molecule has 0 saturated heterocycles. The van der Waals surface area contributed by atoms with Crippen LogP contribution < -0.4 is 5.32 Å². The smallest absolute Gasteiger partial charge is 0.223 e. The molecule has 0 spiro atoms. The second kappa shape index (κ2) is 3.74. The minimum Gasteiger partial charge on any atom is -0.356 e. The van der Waals surface area contributed by atoms with Crippen molar-refractivity contribution in [3.05, 3.63) is 0 Å². The van der Waals surface area contributed by atoms with Crippen molar-refractivity contribution in [3.63, 3.8) is 0 Å². The van der Waals surface area contributed by atoms with E-state index in [1.807, 2.05) is 0 Å². The zero-order valence-corrected chi connectivity index (χ0v) is 7.39. The number of amides is 1. The van der Waals surface area contributed by atoms with Gasteiger partial charge in [0, 0.05) is 12.5 Å². The van der Waals surface area contributed by atoms with Crippen LogP contribution in [0.25, 0.3) is 0 Å². The molecule has 1 aliphatic rings. The van der Waals surface area contributed by atoms with Crippen LogP contribution in [0.5, 0.6) is 0 Å². The van der Waals surface area contributed by atoms with Gasteiger partial charge in [0.05, 0.1) is 0 Å². The molecule has 0 aromatic rings. The highest BCUT2D eigenvalue weighted by atomic mass is 16.2. The van der Waals surface area contributed by atoms with Gasteiger partial charge in [-0.15, -0.1) is 0 Å². The molecule has 0 aromatic heterocycles. The van der Waals surface area contributed by atoms with Gasteiger partial charge in [-0.25, -0.2) is 0 Å². The monoisotopic (exact) mass is 155 g/mol. The summed E-state index contributed by atoms with van der Waals surface area (Å²) in [5.41, 5.74) is 0. The van der Waals surface area contributed by atoms with Crippen molar-refractivity contribution in [1.29, 1.82) is 0 Å². The number of rotatable bonds is 4. The van der Waals surface area contributed by atoms with Crippen molar-refractivity contribution < 1.29 is 4.79 Å². The van der Waals surface area contributed by atoms with Gasteiger partial charge in [-0.05, 0) is 18.8 Å². The number of nitrogens with one attached hydrogen (secondary N) is 1. The number of carbonyl (C=O) groups excluding carboxylic acids is 1. The second-order valence-corrected chi connectivity index (χ2v) is 3.53. The van der Waals surface area contributed by atoms with Crippen LogP contribution >= 0.6 is 0 Å². The lowest BCUT2D eigenvalue weighted by Crippen LogP contribution is -2.29. The third-order valence-corrected chi connectivity index (χ3v) is 2.27. The summed E-state index contributed by atoms with van der Waals surface area (Å²) in [5.74, 6) is 1.25. The summed E-state index contributed by atoms with van der Waals surface area (Å²) in [5, 5.41) is 2.96. The molecule has 0 aromatic carbocycles. The summed E-state index contributed by atoms with van der Waals surface area (Å²) in [4.78, 5) is 11.1. The summed E-state index contributed by atoms with van der Waals surface area (Å²) in [6.07, 6.45) is 3.35. The Morgan fingerprint density at radius 2 is 2.27 bits per heavy atom. The quantitative estimate of drug-likeness (QED) is 0.656. The molecule has 1 atom stereocenters. The lowest BCUT2D eigenvalue weighted by atomic mass is 10.1. The van der Waals surface area contributed by atoms with E-state index in [4.69, 9.17) is 0 Å². The highest BCUT2D eigenvalue weighted by Gasteiger charge is 2.29. The molecule has 0 aliphatic heterocycles. The Kier molecular flexibility index (Phi) is 2.92. The fourth-order valence-corrected chi connectivity index (χ4v) is 0.909. The van der Waals surface area contributed by atoms with Crippen molar-refractivity contribution in [2.75, 3.05) is 6.54 Å². The molecule has 1 fully saturated rings. The predicted molar refractivity (Wildman–Crippen MR) is 45.2 cm³/mol. The molecular formula is C9H17NO. The Hall–Kier alpha value is -0.530. The van der Waals surface area contributed by atoms with Gasteiger partial charge in [0.15, 0.2) is 0 Å². The highest BCUT2D eigenvalue weighted by molar-refractivity contribution is 5.80. The van der Waals surface area contributed by atoms with E-state index in [1.54, 1.807) is 0 Å². The van der Waals surface area contributed by atoms with Gasteiger partial charge in [0.1, 0.15) is 0 Å². The fourth-order valence-electron chi connectivity index (χ4n) is 0.909. The summed E-state index contributed by atoms with van der Waals surface area (Å²) in [6.45, 7) is 5.16. The van der Waals surface area contributed by atoms with Crippen molar-refractivity contribution in [2.24, 2.45) is 11.8 Å². The number of carbonyl (C=O) groups is 1. The van der Waals surface area contributed by atoms with Crippen molar-refractivity contribution in [2.45, 2.75) is 33.1 Å². The van der Waals surface area contributed by atoms with Crippen molar-refractivity contribution in [1.82, 2.24) is 5.32 Å². The van der Waals surface area contributed by atoms with Crippen LogP contribution in [0.4, 0.5) is 0 Å². The third-order valence-electron chi connectivity index (χ3n) is 2.27. The van der Waals surface area contributed by atoms with Gasteiger partial charge in [0.25, 0.3) is 0 Å². The Morgan fingerprint density at radius 1 is 1.64 bits per heavy atom. The van der Waals surface area contributed by atoms with Gasteiger partial charge in [-0.2, -0.15) is 0 Å². The Balaban J connectivity index is 2.05. The van der Waals surface area contributed by atoms with Crippen LogP contribution in [-0.4, -0.2) is 12.5 Å². The molecule has 1 unspecified atom stereocenters. The number of hydrogen-bond acceptors (Lipinski definition) is 1. The average molecular weight is 155 g/mol. The van der Waals surface area contributed by atoms with Crippen molar-refractivity contribution in [3.8, 4) is 0 Å². The fraction of sp³-hybridized carbons (Fsp3) is 0.889. The molecule has 1 aliphatic carbocycles. The minimum atomic E-state index is 0.269. The van der Waals surface area contributed by atoms with E-state index in [9.17, 15) is 4.79 Å². The Labute approximate surface area is 68.4 Å². The lowest BCUT2D eigenvalue weighted by molar-refractivity contribution is -0.122. The maximum atomic E-state index is 11.1. The standard InChI is InChI=1S/C9H17NO/c1-3-7(2)6-10-9(11)8-4-5-8/h7-8H,3-6H2,1-2H3,(H,10,11). The molecule has 1 saturated carbocycles. The summed E-state index contributed by atoms with van der Waals surface area (Å²) in [7, 11) is 0. The zero-order chi connectivity index (χ0) is 8.27. The molecule has 1 rings (SSSR count). The molecule has 1 amide bonds. The van der Waals surface area contributed by atoms with Gasteiger partial charge >= 0.3 is 0 Å². The summed E-state index contributed by atoms with van der Waals surface area (Å²) >= 11 is 0. The topological polar surface area (TPSA) is 29.1 Å². The molecule has 0 radical (unpaired) electrons. The van der Waals surface area contributed by atoms with Gasteiger partial charge in [-0.1, -0.05) is 20.3 Å². The first-order valence-corrected chi connectivity index (χ1v) is 4.51. The van der Waals surface area contributed by atoms with Crippen molar-refractivity contribution >= 4 is 5.91 Å². The van der Waals surface area contributed by atoms with Crippen LogP contribution in [0, 0.1) is 11.8 Å². The van der Waals surface area contributed by atoms with Crippen LogP contribution in [0.3, 0.4) is 0 Å². The van der Waals surface area contributed by atoms with Crippen LogP contribution in [0.1, 0.15) is 33.1 Å². The maximum absolute atomic E-state index is 11.1. The molecule has 2 nitrogen and oxygen atoms in total. The van der Waals surface area contributed by atoms with Crippen LogP contribution in [0.2, 0.25) is 0 Å². The largest absolute Gasteiger partial charge is 0.356 e. The first-order valence-electron chi connectivity index (χ1n) is 4.51. The maximum Gasteiger partial charge on any atom is 0.223 e. The molecule has 64 valence electrons. The highest BCUT2D eigenvalue weighted by Crippen LogP contribution is 2.28. The van der Waals surface area contributed by atoms with Crippen LogP contribution in [-0.2, 0) is 4.79 Å². The van der Waals surface area contributed by atoms with E-state index < -0.39 is 0 Å². The third kappa shape index (κ3) is 2.91. The lowest BCUT2D eigenvalue weighted by Gasteiger charge is -2.08. The van der Waals surface area contributed by atoms with E-state index in [0.29, 0.717) is 11.8 Å². The molecule has 0 heterocycles. The minimum absolute atomic E-state index is 0.269. The first kappa shape index (κ1) is 8.57. The normalized spacial score (nSPS) is 19.5. The van der Waals surface area contributed by atoms with E-state index in [1.165, 1.54) is 0 Å². The predicted octanol–water partition coefficient (Wildman–Crippen LogP) is 1.56.